The van der Waals surface area contributed by atoms with Gasteiger partial charge in [0.05, 0.1) is 29.2 Å². The van der Waals surface area contributed by atoms with Crippen LogP contribution in [0.2, 0.25) is 0 Å². The lowest BCUT2D eigenvalue weighted by atomic mass is 10.1. The van der Waals surface area contributed by atoms with Gasteiger partial charge in [-0.25, -0.2) is 0 Å². The Kier molecular flexibility index (Phi) is 6.01. The van der Waals surface area contributed by atoms with Crippen LogP contribution in [0.3, 0.4) is 0 Å². The van der Waals surface area contributed by atoms with Gasteiger partial charge in [0.25, 0.3) is 11.1 Å². The average molecular weight is 531 g/mol. The van der Waals surface area contributed by atoms with E-state index in [1.807, 2.05) is 48.5 Å². The predicted octanol–water partition coefficient (Wildman–Crippen LogP) is 5.70. The molecular formula is C23H18INO4S. The Balaban J connectivity index is 1.60. The molecule has 1 aliphatic heterocycles. The zero-order valence-electron chi connectivity index (χ0n) is 16.3. The number of nitrogens with zero attached hydrogens (tertiary/aromatic N) is 1. The molecule has 2 amide bonds. The molecule has 0 radical (unpaired) electrons. The second-order valence-corrected chi connectivity index (χ2v) is 8.84. The SMILES string of the molecule is COc1cc(/C=C2\SC(=O)N(Cc3ccc4ccccc4c3)C2=O)cc(I)c1OC. The standard InChI is InChI=1S/C23H18INO4S/c1-28-19-11-15(10-18(24)21(19)29-2)12-20-22(26)25(23(27)30-20)13-14-7-8-16-5-3-4-6-17(16)9-14/h3-12H,13H2,1-2H3/b20-12-. The Labute approximate surface area is 192 Å². The van der Waals surface area contributed by atoms with Gasteiger partial charge in [-0.1, -0.05) is 36.4 Å². The molecule has 5 nitrogen and oxygen atoms in total. The van der Waals surface area contributed by atoms with Crippen LogP contribution in [0.5, 0.6) is 11.5 Å². The first-order chi connectivity index (χ1) is 14.5. The molecule has 0 N–H and O–H groups in total. The molecule has 1 fully saturated rings. The molecule has 7 heteroatoms. The number of thioether (sulfide) groups is 1. The van der Waals surface area contributed by atoms with Gasteiger partial charge in [-0.2, -0.15) is 0 Å². The van der Waals surface area contributed by atoms with Gasteiger partial charge in [-0.05, 0) is 80.5 Å². The van der Waals surface area contributed by atoms with Crippen molar-refractivity contribution >= 4 is 62.3 Å². The minimum Gasteiger partial charge on any atom is -0.493 e. The fourth-order valence-electron chi connectivity index (χ4n) is 3.33. The van der Waals surface area contributed by atoms with Gasteiger partial charge in [0, 0.05) is 0 Å². The number of carbonyl (C=O) groups is 2. The normalized spacial score (nSPS) is 15.3. The molecule has 3 aromatic carbocycles. The van der Waals surface area contributed by atoms with E-state index in [9.17, 15) is 9.59 Å². The van der Waals surface area contributed by atoms with Crippen LogP contribution in [0.4, 0.5) is 4.79 Å². The van der Waals surface area contributed by atoms with E-state index in [1.54, 1.807) is 26.4 Å². The Morgan fingerprint density at radius 3 is 2.50 bits per heavy atom. The number of fused-ring (bicyclic) bond motifs is 1. The fraction of sp³-hybridized carbons (Fsp3) is 0.130. The van der Waals surface area contributed by atoms with Crippen molar-refractivity contribution in [2.45, 2.75) is 6.54 Å². The van der Waals surface area contributed by atoms with E-state index in [2.05, 4.69) is 22.6 Å². The van der Waals surface area contributed by atoms with Crippen molar-refractivity contribution in [1.29, 1.82) is 0 Å². The molecule has 0 unspecified atom stereocenters. The highest BCUT2D eigenvalue weighted by molar-refractivity contribution is 14.1. The lowest BCUT2D eigenvalue weighted by molar-refractivity contribution is -0.123. The topological polar surface area (TPSA) is 55.8 Å². The second-order valence-electron chi connectivity index (χ2n) is 6.69. The monoisotopic (exact) mass is 531 g/mol. The number of ether oxygens (including phenoxy) is 2. The predicted molar refractivity (Wildman–Crippen MR) is 128 cm³/mol. The van der Waals surface area contributed by atoms with Crippen molar-refractivity contribution < 1.29 is 19.1 Å². The molecular weight excluding hydrogens is 513 g/mol. The van der Waals surface area contributed by atoms with Crippen LogP contribution in [-0.2, 0) is 11.3 Å². The van der Waals surface area contributed by atoms with Crippen molar-refractivity contribution in [2.75, 3.05) is 14.2 Å². The van der Waals surface area contributed by atoms with Crippen molar-refractivity contribution in [2.24, 2.45) is 0 Å². The second kappa shape index (κ2) is 8.69. The van der Waals surface area contributed by atoms with Gasteiger partial charge in [0.1, 0.15) is 0 Å². The van der Waals surface area contributed by atoms with E-state index >= 15 is 0 Å². The third-order valence-electron chi connectivity index (χ3n) is 4.78. The van der Waals surface area contributed by atoms with Crippen molar-refractivity contribution in [3.8, 4) is 11.5 Å². The van der Waals surface area contributed by atoms with Gasteiger partial charge in [0.2, 0.25) is 0 Å². The molecule has 1 aliphatic rings. The summed E-state index contributed by atoms with van der Waals surface area (Å²) in [6.45, 7) is 0.246. The summed E-state index contributed by atoms with van der Waals surface area (Å²) in [5.74, 6) is 0.925. The van der Waals surface area contributed by atoms with Crippen LogP contribution in [-0.4, -0.2) is 30.3 Å². The van der Waals surface area contributed by atoms with Crippen LogP contribution in [0.1, 0.15) is 11.1 Å². The van der Waals surface area contributed by atoms with E-state index in [0.29, 0.717) is 16.4 Å². The number of hydrogen-bond donors (Lipinski definition) is 0. The van der Waals surface area contributed by atoms with E-state index in [0.717, 1.165) is 37.2 Å². The highest BCUT2D eigenvalue weighted by Crippen LogP contribution is 2.37. The van der Waals surface area contributed by atoms with Crippen molar-refractivity contribution in [1.82, 2.24) is 4.90 Å². The maximum Gasteiger partial charge on any atom is 0.293 e. The molecule has 1 heterocycles. The zero-order valence-corrected chi connectivity index (χ0v) is 19.3. The van der Waals surface area contributed by atoms with Crippen LogP contribution < -0.4 is 9.47 Å². The fourth-order valence-corrected chi connectivity index (χ4v) is 5.01. The lowest BCUT2D eigenvalue weighted by Gasteiger charge is -2.13. The first kappa shape index (κ1) is 20.7. The summed E-state index contributed by atoms with van der Waals surface area (Å²) >= 11 is 3.11. The average Bonchev–Trinajstić information content (AvgIpc) is 3.00. The first-order valence-corrected chi connectivity index (χ1v) is 11.0. The molecule has 30 heavy (non-hydrogen) atoms. The third-order valence-corrected chi connectivity index (χ3v) is 6.49. The number of benzene rings is 3. The van der Waals surface area contributed by atoms with Crippen LogP contribution in [0, 0.1) is 3.57 Å². The van der Waals surface area contributed by atoms with E-state index < -0.39 is 0 Å². The number of carbonyl (C=O) groups excluding carboxylic acids is 2. The van der Waals surface area contributed by atoms with Gasteiger partial charge < -0.3 is 9.47 Å². The summed E-state index contributed by atoms with van der Waals surface area (Å²) in [6.07, 6.45) is 1.72. The van der Waals surface area contributed by atoms with Crippen LogP contribution >= 0.6 is 34.4 Å². The molecule has 0 saturated carbocycles. The Bertz CT molecular complexity index is 1190. The number of imide groups is 1. The summed E-state index contributed by atoms with van der Waals surface area (Å²) in [5.41, 5.74) is 1.69. The van der Waals surface area contributed by atoms with E-state index in [4.69, 9.17) is 9.47 Å². The Hall–Kier alpha value is -2.52. The van der Waals surface area contributed by atoms with Crippen molar-refractivity contribution in [3.63, 3.8) is 0 Å². The molecule has 1 saturated heterocycles. The quantitative estimate of drug-likeness (QED) is 0.313. The minimum absolute atomic E-state index is 0.246. The zero-order chi connectivity index (χ0) is 21.3. The molecule has 0 aliphatic carbocycles. The van der Waals surface area contributed by atoms with Gasteiger partial charge in [-0.15, -0.1) is 0 Å². The summed E-state index contributed by atoms with van der Waals surface area (Å²) in [4.78, 5) is 27.1. The molecule has 0 atom stereocenters. The number of rotatable bonds is 5. The molecule has 0 spiro atoms. The Morgan fingerprint density at radius 1 is 1.00 bits per heavy atom. The number of hydrogen-bond acceptors (Lipinski definition) is 5. The molecule has 4 rings (SSSR count). The minimum atomic E-state index is -0.289. The first-order valence-electron chi connectivity index (χ1n) is 9.14. The van der Waals surface area contributed by atoms with Gasteiger partial charge in [0.15, 0.2) is 11.5 Å². The molecule has 0 aromatic heterocycles. The Morgan fingerprint density at radius 2 is 1.77 bits per heavy atom. The highest BCUT2D eigenvalue weighted by Gasteiger charge is 2.35. The highest BCUT2D eigenvalue weighted by atomic mass is 127. The maximum absolute atomic E-state index is 12.9. The number of methoxy groups -OCH3 is 2. The molecule has 3 aromatic rings. The number of amides is 2. The lowest BCUT2D eigenvalue weighted by Crippen LogP contribution is -2.27. The van der Waals surface area contributed by atoms with Crippen molar-refractivity contribution in [3.05, 3.63) is 74.2 Å². The van der Waals surface area contributed by atoms with E-state index in [1.165, 1.54) is 4.90 Å². The van der Waals surface area contributed by atoms with E-state index in [-0.39, 0.29) is 17.7 Å². The van der Waals surface area contributed by atoms with Crippen LogP contribution in [0.25, 0.3) is 16.8 Å². The largest absolute Gasteiger partial charge is 0.493 e. The summed E-state index contributed by atoms with van der Waals surface area (Å²) < 4.78 is 11.6. The molecule has 0 bridgehead atoms. The van der Waals surface area contributed by atoms with Gasteiger partial charge >= 0.3 is 0 Å². The molecule has 152 valence electrons. The summed E-state index contributed by atoms with van der Waals surface area (Å²) in [7, 11) is 3.15. The smallest absolute Gasteiger partial charge is 0.293 e. The van der Waals surface area contributed by atoms with Crippen LogP contribution in [0.15, 0.2) is 59.5 Å². The summed E-state index contributed by atoms with van der Waals surface area (Å²) in [6, 6.07) is 17.7. The van der Waals surface area contributed by atoms with Gasteiger partial charge in [-0.3, -0.25) is 14.5 Å². The maximum atomic E-state index is 12.9. The third kappa shape index (κ3) is 4.04. The summed E-state index contributed by atoms with van der Waals surface area (Å²) in [5, 5.41) is 1.94. The number of halogens is 1.